The zero-order valence-electron chi connectivity index (χ0n) is 20.2. The molecular weight excluding hydrogens is 555 g/mol. The number of carbonyl (C=O) groups excluding carboxylic acids is 2. The molecule has 1 fully saturated rings. The monoisotopic (exact) mass is 577 g/mol. The van der Waals surface area contributed by atoms with Crippen molar-refractivity contribution in [2.75, 3.05) is 11.9 Å². The molecule has 2 amide bonds. The number of halogens is 4. The normalized spacial score (nSPS) is 17.0. The van der Waals surface area contributed by atoms with Crippen molar-refractivity contribution in [3.63, 3.8) is 0 Å². The predicted octanol–water partition coefficient (Wildman–Crippen LogP) is 7.02. The van der Waals surface area contributed by atoms with Gasteiger partial charge in [-0.1, -0.05) is 59.8 Å². The Morgan fingerprint density at radius 2 is 1.87 bits per heavy atom. The zero-order chi connectivity index (χ0) is 27.3. The molecule has 1 aliphatic heterocycles. The van der Waals surface area contributed by atoms with Crippen molar-refractivity contribution >= 4 is 63.3 Å². The van der Waals surface area contributed by atoms with Crippen LogP contribution in [0.25, 0.3) is 0 Å². The summed E-state index contributed by atoms with van der Waals surface area (Å²) >= 11 is 12.2. The van der Waals surface area contributed by atoms with Crippen LogP contribution in [0.1, 0.15) is 17.5 Å². The zero-order valence-corrected chi connectivity index (χ0v) is 22.5. The van der Waals surface area contributed by atoms with Gasteiger partial charge in [-0.3, -0.25) is 14.5 Å². The molecule has 3 aromatic rings. The van der Waals surface area contributed by atoms with E-state index in [1.165, 1.54) is 24.3 Å². The molecule has 1 N–H and O–H groups in total. The lowest BCUT2D eigenvalue weighted by Gasteiger charge is -2.32. The van der Waals surface area contributed by atoms with Crippen molar-refractivity contribution in [3.8, 4) is 5.75 Å². The molecule has 38 heavy (non-hydrogen) atoms. The number of ether oxygens (including phenoxy) is 1. The minimum Gasteiger partial charge on any atom is -0.420 e. The van der Waals surface area contributed by atoms with Gasteiger partial charge < -0.3 is 10.1 Å². The lowest BCUT2D eigenvalue weighted by atomic mass is 10.1. The highest BCUT2D eigenvalue weighted by atomic mass is 35.5. The number of nitrogens with zero attached hydrogens (tertiary/aromatic N) is 2. The number of hydrogen-bond donors (Lipinski definition) is 1. The maximum atomic E-state index is 13.2. The topological polar surface area (TPSA) is 71.0 Å². The Hall–Kier alpha value is -3.14. The molecule has 4 rings (SSSR count). The molecule has 1 heterocycles. The molecule has 0 radical (unpaired) electrons. The lowest BCUT2D eigenvalue weighted by Crippen LogP contribution is -2.46. The molecule has 1 atom stereocenters. The van der Waals surface area contributed by atoms with Crippen LogP contribution in [0.15, 0.2) is 77.8 Å². The smallest absolute Gasteiger partial charge is 0.420 e. The summed E-state index contributed by atoms with van der Waals surface area (Å²) in [5.41, 5.74) is -1.00. The maximum absolute atomic E-state index is 13.2. The van der Waals surface area contributed by atoms with Crippen molar-refractivity contribution in [2.24, 2.45) is 4.99 Å². The maximum Gasteiger partial charge on any atom is 0.487 e. The van der Waals surface area contributed by atoms with Crippen LogP contribution >= 0.6 is 35.0 Å². The van der Waals surface area contributed by atoms with Crippen LogP contribution in [0.3, 0.4) is 0 Å². The van der Waals surface area contributed by atoms with Crippen LogP contribution in [0.2, 0.25) is 5.02 Å². The van der Waals surface area contributed by atoms with Crippen LogP contribution in [0.5, 0.6) is 5.75 Å². The summed E-state index contributed by atoms with van der Waals surface area (Å²) in [5.74, 6) is -0.745. The standard InChI is InChI=1S/C27H23Cl2F2N3O3S/c1-17-7-8-20(15-22(17)28)32-25(36)23-16-24(35)34(14-13-18-5-3-2-4-6-18)26(38-23)33-19-9-11-21(12-10-19)37-27(29,30)31/h2-12,15,23H,13-14,16H2,1H3,(H,32,36)/t23-/m1/s1. The molecule has 0 bridgehead atoms. The SMILES string of the molecule is Cc1ccc(NC(=O)[C@H]2CC(=O)N(CCc3ccccc3)C(=Nc3ccc(OC(F)(F)Cl)cc3)S2)cc1Cl. The van der Waals surface area contributed by atoms with Crippen LogP contribution in [-0.2, 0) is 16.0 Å². The molecule has 3 aromatic carbocycles. The van der Waals surface area contributed by atoms with Crippen LogP contribution in [0, 0.1) is 6.92 Å². The number of aryl methyl sites for hydroxylation is 1. The Bertz CT molecular complexity index is 1340. The van der Waals surface area contributed by atoms with Crippen LogP contribution in [0.4, 0.5) is 20.2 Å². The van der Waals surface area contributed by atoms with Gasteiger partial charge >= 0.3 is 5.57 Å². The number of aliphatic imine (C=N–C) groups is 1. The molecule has 11 heteroatoms. The fourth-order valence-electron chi connectivity index (χ4n) is 3.67. The van der Waals surface area contributed by atoms with Gasteiger partial charge in [-0.15, -0.1) is 8.78 Å². The average molecular weight is 578 g/mol. The summed E-state index contributed by atoms with van der Waals surface area (Å²) in [5, 5.41) is 2.93. The predicted molar refractivity (Wildman–Crippen MR) is 148 cm³/mol. The molecule has 0 saturated carbocycles. The van der Waals surface area contributed by atoms with E-state index in [-0.39, 0.29) is 24.0 Å². The van der Waals surface area contributed by atoms with Gasteiger partial charge in [-0.2, -0.15) is 0 Å². The molecule has 0 spiro atoms. The number of thioether (sulfide) groups is 1. The molecule has 1 saturated heterocycles. The third-order valence-corrected chi connectivity index (χ3v) is 7.31. The van der Waals surface area contributed by atoms with Gasteiger partial charge in [0.05, 0.1) is 5.69 Å². The first-order chi connectivity index (χ1) is 18.1. The fraction of sp³-hybridized carbons (Fsp3) is 0.222. The molecule has 0 unspecified atom stereocenters. The van der Waals surface area contributed by atoms with Crippen molar-refractivity contribution < 1.29 is 23.1 Å². The van der Waals surface area contributed by atoms with E-state index in [4.69, 9.17) is 23.2 Å². The van der Waals surface area contributed by atoms with E-state index >= 15 is 0 Å². The van der Waals surface area contributed by atoms with E-state index in [2.05, 4.69) is 15.0 Å². The van der Waals surface area contributed by atoms with Crippen molar-refractivity contribution in [1.29, 1.82) is 0 Å². The summed E-state index contributed by atoms with van der Waals surface area (Å²) in [6, 6.07) is 20.4. The van der Waals surface area contributed by atoms with Gasteiger partial charge in [-0.05, 0) is 60.9 Å². The number of rotatable bonds is 8. The first-order valence-corrected chi connectivity index (χ1v) is 13.2. The van der Waals surface area contributed by atoms with Gasteiger partial charge in [-0.25, -0.2) is 4.99 Å². The third-order valence-electron chi connectivity index (χ3n) is 5.63. The number of hydrogen-bond acceptors (Lipinski definition) is 5. The minimum atomic E-state index is -3.84. The largest absolute Gasteiger partial charge is 0.487 e. The van der Waals surface area contributed by atoms with Crippen LogP contribution < -0.4 is 10.1 Å². The van der Waals surface area contributed by atoms with E-state index in [1.54, 1.807) is 23.1 Å². The second-order valence-electron chi connectivity index (χ2n) is 8.48. The highest BCUT2D eigenvalue weighted by Crippen LogP contribution is 2.32. The highest BCUT2D eigenvalue weighted by Gasteiger charge is 2.36. The molecule has 0 aromatic heterocycles. The number of carbonyl (C=O) groups is 2. The highest BCUT2D eigenvalue weighted by molar-refractivity contribution is 8.15. The molecule has 0 aliphatic carbocycles. The minimum absolute atomic E-state index is 0.0124. The summed E-state index contributed by atoms with van der Waals surface area (Å²) < 4.78 is 30.2. The molecule has 1 aliphatic rings. The van der Waals surface area contributed by atoms with Gasteiger partial charge in [0.25, 0.3) is 0 Å². The lowest BCUT2D eigenvalue weighted by molar-refractivity contribution is -0.129. The Kier molecular flexibility index (Phi) is 8.91. The Morgan fingerprint density at radius 3 is 2.53 bits per heavy atom. The van der Waals surface area contributed by atoms with E-state index in [9.17, 15) is 18.4 Å². The first-order valence-electron chi connectivity index (χ1n) is 11.6. The van der Waals surface area contributed by atoms with Gasteiger partial charge in [0.2, 0.25) is 11.8 Å². The Labute approximate surface area is 233 Å². The van der Waals surface area contributed by atoms with E-state index in [1.807, 2.05) is 37.3 Å². The van der Waals surface area contributed by atoms with E-state index in [0.29, 0.717) is 34.5 Å². The number of alkyl halides is 3. The fourth-order valence-corrected chi connectivity index (χ4v) is 5.07. The molecule has 6 nitrogen and oxygen atoms in total. The van der Waals surface area contributed by atoms with Gasteiger partial charge in [0, 0.05) is 35.3 Å². The average Bonchev–Trinajstić information content (AvgIpc) is 2.86. The van der Waals surface area contributed by atoms with Crippen LogP contribution in [-0.4, -0.2) is 39.2 Å². The van der Waals surface area contributed by atoms with Crippen molar-refractivity contribution in [2.45, 2.75) is 30.6 Å². The van der Waals surface area contributed by atoms with Gasteiger partial charge in [0.15, 0.2) is 5.17 Å². The first kappa shape index (κ1) is 27.9. The Balaban J connectivity index is 1.56. The Morgan fingerprint density at radius 1 is 1.16 bits per heavy atom. The van der Waals surface area contributed by atoms with Gasteiger partial charge in [0.1, 0.15) is 11.0 Å². The summed E-state index contributed by atoms with van der Waals surface area (Å²) in [7, 11) is 0. The quantitative estimate of drug-likeness (QED) is 0.292. The second-order valence-corrected chi connectivity index (χ2v) is 10.5. The van der Waals surface area contributed by atoms with E-state index < -0.39 is 10.8 Å². The summed E-state index contributed by atoms with van der Waals surface area (Å²) in [6.07, 6.45) is 0.573. The number of benzene rings is 3. The second kappa shape index (κ2) is 12.1. The number of anilines is 1. The van der Waals surface area contributed by atoms with E-state index in [0.717, 1.165) is 22.9 Å². The van der Waals surface area contributed by atoms with Crippen molar-refractivity contribution in [3.05, 3.63) is 88.9 Å². The number of amides is 2. The summed E-state index contributed by atoms with van der Waals surface area (Å²) in [6.45, 7) is 2.21. The summed E-state index contributed by atoms with van der Waals surface area (Å²) in [4.78, 5) is 32.4. The van der Waals surface area contributed by atoms with Crippen molar-refractivity contribution in [1.82, 2.24) is 4.90 Å². The molecular formula is C27H23Cl2F2N3O3S. The number of nitrogens with one attached hydrogen (secondary N) is 1. The third kappa shape index (κ3) is 7.69. The number of amidine groups is 1. The molecule has 198 valence electrons.